The van der Waals surface area contributed by atoms with E-state index in [-0.39, 0.29) is 5.54 Å². The van der Waals surface area contributed by atoms with Crippen LogP contribution in [0.4, 0.5) is 11.5 Å². The highest BCUT2D eigenvalue weighted by Gasteiger charge is 2.38. The minimum atomic E-state index is 0.225. The van der Waals surface area contributed by atoms with Crippen molar-refractivity contribution >= 4 is 11.5 Å². The van der Waals surface area contributed by atoms with Gasteiger partial charge in [-0.2, -0.15) is 4.98 Å². The van der Waals surface area contributed by atoms with Gasteiger partial charge in [0.15, 0.2) is 5.82 Å². The van der Waals surface area contributed by atoms with Gasteiger partial charge in [0, 0.05) is 12.1 Å². The van der Waals surface area contributed by atoms with Crippen LogP contribution in [-0.2, 0) is 0 Å². The monoisotopic (exact) mass is 265 g/mol. The number of nitrogens with two attached hydrogens (primary N) is 1. The maximum Gasteiger partial charge on any atom is 0.242 e. The summed E-state index contributed by atoms with van der Waals surface area (Å²) in [6, 6.07) is 0. The molecule has 0 aromatic carbocycles. The molecule has 1 aliphatic rings. The first-order valence-corrected chi connectivity index (χ1v) is 6.73. The third-order valence-corrected chi connectivity index (χ3v) is 3.95. The van der Waals surface area contributed by atoms with Gasteiger partial charge in [-0.25, -0.2) is 4.98 Å². The van der Waals surface area contributed by atoms with Crippen LogP contribution in [0.2, 0.25) is 0 Å². The normalized spacial score (nSPS) is 17.1. The van der Waals surface area contributed by atoms with Crippen molar-refractivity contribution in [2.24, 2.45) is 0 Å². The number of likely N-dealkylation sites (N-methyl/N-ethyl adjacent to an activating group) is 1. The van der Waals surface area contributed by atoms with Gasteiger partial charge in [-0.3, -0.25) is 0 Å². The summed E-state index contributed by atoms with van der Waals surface area (Å²) in [5, 5.41) is 3.34. The minimum absolute atomic E-state index is 0.225. The lowest BCUT2D eigenvalue weighted by Crippen LogP contribution is -2.54. The van der Waals surface area contributed by atoms with Crippen molar-refractivity contribution in [3.8, 4) is 5.88 Å². The highest BCUT2D eigenvalue weighted by atomic mass is 16.5. The standard InChI is InChI=1S/C13H23N5O/c1-4-19-12-10(14)11(16-9-17-12)15-8-13(18(2)3)6-5-7-13/h9H,4-8,14H2,1-3H3,(H,15,16,17). The Labute approximate surface area is 114 Å². The molecule has 2 rings (SSSR count). The molecule has 0 unspecified atom stereocenters. The molecule has 19 heavy (non-hydrogen) atoms. The van der Waals surface area contributed by atoms with E-state index < -0.39 is 0 Å². The molecular weight excluding hydrogens is 242 g/mol. The molecule has 1 saturated carbocycles. The second kappa shape index (κ2) is 5.61. The van der Waals surface area contributed by atoms with Crippen LogP contribution < -0.4 is 15.8 Å². The summed E-state index contributed by atoms with van der Waals surface area (Å²) in [4.78, 5) is 10.5. The van der Waals surface area contributed by atoms with Gasteiger partial charge in [0.1, 0.15) is 12.0 Å². The van der Waals surface area contributed by atoms with Gasteiger partial charge in [0.25, 0.3) is 0 Å². The van der Waals surface area contributed by atoms with Crippen molar-refractivity contribution in [2.45, 2.75) is 31.7 Å². The van der Waals surface area contributed by atoms with E-state index in [0.717, 1.165) is 6.54 Å². The molecule has 0 spiro atoms. The van der Waals surface area contributed by atoms with Crippen molar-refractivity contribution < 1.29 is 4.74 Å². The Hall–Kier alpha value is -1.56. The van der Waals surface area contributed by atoms with E-state index in [4.69, 9.17) is 10.5 Å². The van der Waals surface area contributed by atoms with E-state index in [1.54, 1.807) is 0 Å². The predicted molar refractivity (Wildman–Crippen MR) is 76.4 cm³/mol. The van der Waals surface area contributed by atoms with Crippen molar-refractivity contribution in [1.29, 1.82) is 0 Å². The van der Waals surface area contributed by atoms with Gasteiger partial charge in [-0.15, -0.1) is 0 Å². The van der Waals surface area contributed by atoms with E-state index in [1.165, 1.54) is 25.6 Å². The molecule has 1 fully saturated rings. The third-order valence-electron chi connectivity index (χ3n) is 3.95. The zero-order chi connectivity index (χ0) is 13.9. The molecule has 1 aliphatic carbocycles. The first-order valence-electron chi connectivity index (χ1n) is 6.73. The second-order valence-corrected chi connectivity index (χ2v) is 5.20. The zero-order valence-corrected chi connectivity index (χ0v) is 11.9. The van der Waals surface area contributed by atoms with E-state index in [9.17, 15) is 0 Å². The molecule has 106 valence electrons. The number of anilines is 2. The number of hydrogen-bond donors (Lipinski definition) is 2. The van der Waals surface area contributed by atoms with Gasteiger partial charge < -0.3 is 20.7 Å². The molecule has 0 amide bonds. The smallest absolute Gasteiger partial charge is 0.242 e. The van der Waals surface area contributed by atoms with Crippen LogP contribution in [0.1, 0.15) is 26.2 Å². The highest BCUT2D eigenvalue weighted by molar-refractivity contribution is 5.66. The number of rotatable bonds is 6. The number of nitrogens with zero attached hydrogens (tertiary/aromatic N) is 3. The van der Waals surface area contributed by atoms with Gasteiger partial charge in [-0.1, -0.05) is 0 Å². The number of ether oxygens (including phenoxy) is 1. The van der Waals surface area contributed by atoms with Gasteiger partial charge in [0.05, 0.1) is 6.61 Å². The quantitative estimate of drug-likeness (QED) is 0.808. The maximum atomic E-state index is 6.01. The van der Waals surface area contributed by atoms with Crippen molar-refractivity contribution in [2.75, 3.05) is 38.3 Å². The second-order valence-electron chi connectivity index (χ2n) is 5.20. The summed E-state index contributed by atoms with van der Waals surface area (Å²) < 4.78 is 5.37. The molecule has 1 aromatic rings. The molecular formula is C13H23N5O. The number of aromatic nitrogens is 2. The molecule has 0 bridgehead atoms. The minimum Gasteiger partial charge on any atom is -0.476 e. The Balaban J connectivity index is 2.05. The van der Waals surface area contributed by atoms with E-state index in [2.05, 4.69) is 34.3 Å². The molecule has 3 N–H and O–H groups in total. The van der Waals surface area contributed by atoms with Crippen LogP contribution >= 0.6 is 0 Å². The summed E-state index contributed by atoms with van der Waals surface area (Å²) in [5.41, 5.74) is 6.72. The molecule has 0 aliphatic heterocycles. The van der Waals surface area contributed by atoms with E-state index >= 15 is 0 Å². The Morgan fingerprint density at radius 3 is 2.68 bits per heavy atom. The lowest BCUT2D eigenvalue weighted by molar-refractivity contribution is 0.0738. The molecule has 0 radical (unpaired) electrons. The van der Waals surface area contributed by atoms with Gasteiger partial charge >= 0.3 is 0 Å². The summed E-state index contributed by atoms with van der Waals surface area (Å²) in [6.07, 6.45) is 5.17. The third kappa shape index (κ3) is 2.73. The molecule has 0 atom stereocenters. The number of nitrogen functional groups attached to an aromatic ring is 1. The van der Waals surface area contributed by atoms with Gasteiger partial charge in [0.2, 0.25) is 5.88 Å². The first kappa shape index (κ1) is 13.9. The summed E-state index contributed by atoms with van der Waals surface area (Å²) >= 11 is 0. The Morgan fingerprint density at radius 2 is 2.16 bits per heavy atom. The topological polar surface area (TPSA) is 76.3 Å². The van der Waals surface area contributed by atoms with Crippen LogP contribution in [0.25, 0.3) is 0 Å². The number of nitrogens with one attached hydrogen (secondary N) is 1. The first-order chi connectivity index (χ1) is 9.09. The van der Waals surface area contributed by atoms with Crippen molar-refractivity contribution in [3.63, 3.8) is 0 Å². The van der Waals surface area contributed by atoms with Crippen LogP contribution in [0.15, 0.2) is 6.33 Å². The van der Waals surface area contributed by atoms with E-state index in [1.807, 2.05) is 6.92 Å². The SMILES string of the molecule is CCOc1ncnc(NCC2(N(C)C)CCC2)c1N. The number of hydrogen-bond acceptors (Lipinski definition) is 6. The highest BCUT2D eigenvalue weighted by Crippen LogP contribution is 2.36. The summed E-state index contributed by atoms with van der Waals surface area (Å²) in [6.45, 7) is 3.29. The summed E-state index contributed by atoms with van der Waals surface area (Å²) in [5.74, 6) is 1.11. The fraction of sp³-hybridized carbons (Fsp3) is 0.692. The largest absolute Gasteiger partial charge is 0.476 e. The molecule has 6 nitrogen and oxygen atoms in total. The van der Waals surface area contributed by atoms with Crippen LogP contribution in [0, 0.1) is 0 Å². The van der Waals surface area contributed by atoms with E-state index in [0.29, 0.717) is 24.0 Å². The molecule has 1 aromatic heterocycles. The predicted octanol–water partition coefficient (Wildman–Crippen LogP) is 1.35. The maximum absolute atomic E-state index is 6.01. The average molecular weight is 265 g/mol. The van der Waals surface area contributed by atoms with Crippen LogP contribution in [0.5, 0.6) is 5.88 Å². The lowest BCUT2D eigenvalue weighted by atomic mass is 9.75. The van der Waals surface area contributed by atoms with Crippen LogP contribution in [-0.4, -0.2) is 47.7 Å². The molecule has 1 heterocycles. The fourth-order valence-corrected chi connectivity index (χ4v) is 2.39. The van der Waals surface area contributed by atoms with Crippen molar-refractivity contribution in [1.82, 2.24) is 14.9 Å². The Kier molecular flexibility index (Phi) is 4.09. The lowest BCUT2D eigenvalue weighted by Gasteiger charge is -2.47. The Morgan fingerprint density at radius 1 is 1.42 bits per heavy atom. The Bertz CT molecular complexity index is 431. The zero-order valence-electron chi connectivity index (χ0n) is 11.9. The fourth-order valence-electron chi connectivity index (χ4n) is 2.39. The molecule has 6 heteroatoms. The average Bonchev–Trinajstić information content (AvgIpc) is 2.32. The molecule has 0 saturated heterocycles. The van der Waals surface area contributed by atoms with Crippen molar-refractivity contribution in [3.05, 3.63) is 6.33 Å². The summed E-state index contributed by atoms with van der Waals surface area (Å²) in [7, 11) is 4.24. The van der Waals surface area contributed by atoms with Crippen LogP contribution in [0.3, 0.4) is 0 Å². The van der Waals surface area contributed by atoms with Gasteiger partial charge in [-0.05, 0) is 40.3 Å².